The molecule has 1 aliphatic carbocycles. The Balaban J connectivity index is 1.27. The van der Waals surface area contributed by atoms with Gasteiger partial charge in [-0.3, -0.25) is 9.69 Å². The first-order valence-electron chi connectivity index (χ1n) is 16.2. The summed E-state index contributed by atoms with van der Waals surface area (Å²) in [5.74, 6) is 0.940. The van der Waals surface area contributed by atoms with Crippen LogP contribution in [-0.4, -0.2) is 84.0 Å². The quantitative estimate of drug-likeness (QED) is 0.477. The fourth-order valence-electron chi connectivity index (χ4n) is 7.60. The summed E-state index contributed by atoms with van der Waals surface area (Å²) in [5.41, 5.74) is 1.01. The zero-order valence-corrected chi connectivity index (χ0v) is 27.0. The molecule has 4 heterocycles. The number of amides is 2. The number of nitrogens with zero attached hydrogens (tertiary/aromatic N) is 3. The summed E-state index contributed by atoms with van der Waals surface area (Å²) in [6.45, 7) is 19.6. The number of carbonyl (C=O) groups is 2. The molecule has 1 aromatic carbocycles. The van der Waals surface area contributed by atoms with Crippen molar-refractivity contribution in [1.82, 2.24) is 9.80 Å². The first kappa shape index (κ1) is 30.0. The first-order chi connectivity index (χ1) is 19.6. The van der Waals surface area contributed by atoms with Gasteiger partial charge in [0.2, 0.25) is 5.91 Å². The zero-order valence-electron chi connectivity index (χ0n) is 27.0. The maximum Gasteiger partial charge on any atom is 0.494 e. The van der Waals surface area contributed by atoms with Crippen LogP contribution in [0.25, 0.3) is 0 Å². The van der Waals surface area contributed by atoms with Crippen LogP contribution >= 0.6 is 0 Å². The predicted octanol–water partition coefficient (Wildman–Crippen LogP) is 4.86. The molecule has 0 radical (unpaired) electrons. The van der Waals surface area contributed by atoms with E-state index in [1.54, 1.807) is 4.90 Å². The highest BCUT2D eigenvalue weighted by Crippen LogP contribution is 2.51. The Morgan fingerprint density at radius 2 is 1.64 bits per heavy atom. The third kappa shape index (κ3) is 5.07. The van der Waals surface area contributed by atoms with Crippen LogP contribution in [0, 0.1) is 5.92 Å². The van der Waals surface area contributed by atoms with Crippen LogP contribution in [-0.2, 0) is 24.3 Å². The van der Waals surface area contributed by atoms with Crippen molar-refractivity contribution in [2.45, 2.75) is 128 Å². The smallest absolute Gasteiger partial charge is 0.444 e. The summed E-state index contributed by atoms with van der Waals surface area (Å²) in [4.78, 5) is 34.0. The van der Waals surface area contributed by atoms with Crippen LogP contribution in [0.4, 0.5) is 10.5 Å². The van der Waals surface area contributed by atoms with Crippen molar-refractivity contribution in [2.75, 3.05) is 31.1 Å². The van der Waals surface area contributed by atoms with Gasteiger partial charge in [-0.05, 0) is 117 Å². The molecular formula is C33H50BN3O5. The van der Waals surface area contributed by atoms with Gasteiger partial charge in [0.25, 0.3) is 0 Å². The molecule has 5 aliphatic rings. The number of likely N-dealkylation sites (tertiary alicyclic amines) is 2. The fraction of sp³-hybridized carbons (Fsp3) is 0.758. The highest BCUT2D eigenvalue weighted by molar-refractivity contribution is 6.62. The lowest BCUT2D eigenvalue weighted by Gasteiger charge is -2.49. The minimum Gasteiger partial charge on any atom is -0.444 e. The normalized spacial score (nSPS) is 30.4. The van der Waals surface area contributed by atoms with Gasteiger partial charge in [-0.2, -0.15) is 0 Å². The molecule has 6 rings (SSSR count). The largest absolute Gasteiger partial charge is 0.494 e. The number of hydrogen-bond acceptors (Lipinski definition) is 6. The van der Waals surface area contributed by atoms with Crippen LogP contribution < -0.4 is 10.4 Å². The molecule has 4 fully saturated rings. The number of anilines is 1. The maximum atomic E-state index is 14.6. The highest BCUT2D eigenvalue weighted by atomic mass is 16.7. The molecule has 1 saturated carbocycles. The van der Waals surface area contributed by atoms with Crippen molar-refractivity contribution in [3.8, 4) is 0 Å². The summed E-state index contributed by atoms with van der Waals surface area (Å²) >= 11 is 0. The van der Waals surface area contributed by atoms with Crippen molar-refractivity contribution >= 4 is 30.3 Å². The second kappa shape index (κ2) is 10.2. The van der Waals surface area contributed by atoms with Gasteiger partial charge in [0.15, 0.2) is 0 Å². The van der Waals surface area contributed by atoms with E-state index in [2.05, 4.69) is 62.6 Å². The lowest BCUT2D eigenvalue weighted by molar-refractivity contribution is -0.126. The lowest BCUT2D eigenvalue weighted by Crippen LogP contribution is -2.59. The van der Waals surface area contributed by atoms with E-state index in [4.69, 9.17) is 14.0 Å². The van der Waals surface area contributed by atoms with E-state index in [1.165, 1.54) is 25.9 Å². The van der Waals surface area contributed by atoms with Crippen LogP contribution in [0.15, 0.2) is 18.2 Å². The first-order valence-corrected chi connectivity index (χ1v) is 16.2. The number of benzene rings is 1. The molecule has 0 aromatic heterocycles. The lowest BCUT2D eigenvalue weighted by atomic mass is 9.71. The van der Waals surface area contributed by atoms with E-state index in [0.29, 0.717) is 32.0 Å². The number of rotatable bonds is 3. The van der Waals surface area contributed by atoms with Gasteiger partial charge in [-0.1, -0.05) is 19.1 Å². The summed E-state index contributed by atoms with van der Waals surface area (Å²) < 4.78 is 18.5. The fourth-order valence-corrected chi connectivity index (χ4v) is 7.60. The molecule has 42 heavy (non-hydrogen) atoms. The third-order valence-corrected chi connectivity index (χ3v) is 10.9. The van der Waals surface area contributed by atoms with Gasteiger partial charge in [-0.15, -0.1) is 0 Å². The minimum atomic E-state index is -0.618. The van der Waals surface area contributed by atoms with E-state index in [0.717, 1.165) is 35.5 Å². The molecule has 1 aromatic rings. The van der Waals surface area contributed by atoms with Gasteiger partial charge in [-0.25, -0.2) is 4.79 Å². The second-order valence-corrected chi connectivity index (χ2v) is 15.6. The summed E-state index contributed by atoms with van der Waals surface area (Å²) in [6.07, 6.45) is 5.51. The van der Waals surface area contributed by atoms with Crippen molar-refractivity contribution in [1.29, 1.82) is 0 Å². The molecule has 0 N–H and O–H groups in total. The van der Waals surface area contributed by atoms with E-state index in [-0.39, 0.29) is 18.0 Å². The molecule has 230 valence electrons. The summed E-state index contributed by atoms with van der Waals surface area (Å²) in [5, 5.41) is 0. The molecule has 9 heteroatoms. The molecule has 1 atom stereocenters. The van der Waals surface area contributed by atoms with Gasteiger partial charge in [0, 0.05) is 37.4 Å². The number of fused-ring (bicyclic) bond motifs is 2. The van der Waals surface area contributed by atoms with Gasteiger partial charge in [0.05, 0.1) is 16.6 Å². The van der Waals surface area contributed by atoms with Crippen molar-refractivity contribution in [2.24, 2.45) is 5.92 Å². The van der Waals surface area contributed by atoms with Crippen LogP contribution in [0.3, 0.4) is 0 Å². The zero-order chi connectivity index (χ0) is 30.2. The van der Waals surface area contributed by atoms with E-state index in [9.17, 15) is 9.59 Å². The predicted molar refractivity (Wildman–Crippen MR) is 165 cm³/mol. The molecule has 8 nitrogen and oxygen atoms in total. The number of carbonyl (C=O) groups excluding carboxylic acids is 2. The molecule has 0 bridgehead atoms. The number of hydrogen-bond donors (Lipinski definition) is 0. The van der Waals surface area contributed by atoms with Crippen molar-refractivity contribution < 1.29 is 23.6 Å². The SMILES string of the molecule is C[C@@H]1CCCN(C2CC(N3C(=O)C4(CCN(C(=O)OC(C)(C)C)CC4)c4ccc(B5OC(C)(C)C(C)(C)O5)cc43)C2)C1. The molecule has 3 saturated heterocycles. The molecule has 0 unspecified atom stereocenters. The van der Waals surface area contributed by atoms with Crippen molar-refractivity contribution in [3.05, 3.63) is 23.8 Å². The van der Waals surface area contributed by atoms with Gasteiger partial charge in [0.1, 0.15) is 5.60 Å². The van der Waals surface area contributed by atoms with E-state index in [1.807, 2.05) is 20.8 Å². The Bertz CT molecular complexity index is 1210. The van der Waals surface area contributed by atoms with Crippen LogP contribution in [0.1, 0.15) is 99.5 Å². The second-order valence-electron chi connectivity index (χ2n) is 15.6. The Hall–Kier alpha value is -2.10. The van der Waals surface area contributed by atoms with Gasteiger partial charge < -0.3 is 23.8 Å². The highest BCUT2D eigenvalue weighted by Gasteiger charge is 2.57. The molecular weight excluding hydrogens is 529 g/mol. The molecule has 2 amide bonds. The van der Waals surface area contributed by atoms with Crippen LogP contribution in [0.5, 0.6) is 0 Å². The molecule has 4 aliphatic heterocycles. The number of ether oxygens (including phenoxy) is 1. The minimum absolute atomic E-state index is 0.190. The maximum absolute atomic E-state index is 14.6. The van der Waals surface area contributed by atoms with Crippen LogP contribution in [0.2, 0.25) is 0 Å². The van der Waals surface area contributed by atoms with E-state index >= 15 is 0 Å². The molecule has 1 spiro atoms. The number of piperidine rings is 2. The summed E-state index contributed by atoms with van der Waals surface area (Å²) in [6, 6.07) is 7.11. The Morgan fingerprint density at radius 3 is 2.24 bits per heavy atom. The topological polar surface area (TPSA) is 71.6 Å². The Morgan fingerprint density at radius 1 is 1.00 bits per heavy atom. The van der Waals surface area contributed by atoms with Crippen molar-refractivity contribution in [3.63, 3.8) is 0 Å². The Labute approximate surface area is 252 Å². The Kier molecular flexibility index (Phi) is 7.30. The monoisotopic (exact) mass is 579 g/mol. The summed E-state index contributed by atoms with van der Waals surface area (Å²) in [7, 11) is -0.480. The standard InChI is InChI=1S/C33H50BN3O5/c1-22-10-9-15-36(21-22)24-19-25(20-24)37-27-18-23(34-41-31(5,6)32(7,8)42-34)11-12-26(27)33(28(37)38)13-16-35(17-14-33)29(39)40-30(2,3)4/h11-12,18,22,24-25H,9-10,13-17,19-21H2,1-8H3/t22-,24?,25?/m1/s1. The van der Waals surface area contributed by atoms with E-state index < -0.39 is 29.3 Å². The average molecular weight is 580 g/mol. The average Bonchev–Trinajstić information content (AvgIpc) is 3.23. The third-order valence-electron chi connectivity index (χ3n) is 10.9. The van der Waals surface area contributed by atoms with Gasteiger partial charge >= 0.3 is 13.2 Å².